The second kappa shape index (κ2) is 9.70. The molecule has 3 heterocycles. The van der Waals surface area contributed by atoms with E-state index >= 15 is 0 Å². The maximum absolute atomic E-state index is 13.2. The minimum Gasteiger partial charge on any atom is -0.443 e. The highest BCUT2D eigenvalue weighted by atomic mass is 32.2. The average Bonchev–Trinajstić information content (AvgIpc) is 3.37. The number of ether oxygens (including phenoxy) is 1. The normalized spacial score (nSPS) is 13.3. The van der Waals surface area contributed by atoms with Gasteiger partial charge in [0.2, 0.25) is 10.0 Å². The largest absolute Gasteiger partial charge is 0.443 e. The second-order valence-corrected chi connectivity index (χ2v) is 10.9. The highest BCUT2D eigenvalue weighted by Crippen LogP contribution is 2.31. The Morgan fingerprint density at radius 1 is 1.34 bits per heavy atom. The first-order valence-corrected chi connectivity index (χ1v) is 12.6. The van der Waals surface area contributed by atoms with Gasteiger partial charge in [0.1, 0.15) is 5.60 Å². The molecule has 170 valence electrons. The lowest BCUT2D eigenvalue weighted by molar-refractivity contribution is 0.00479. The van der Waals surface area contributed by atoms with Crippen molar-refractivity contribution in [1.29, 1.82) is 0 Å². The zero-order valence-corrected chi connectivity index (χ0v) is 19.9. The molecule has 0 fully saturated rings. The highest BCUT2D eigenvalue weighted by molar-refractivity contribution is 7.90. The minimum absolute atomic E-state index is 0.0878. The van der Waals surface area contributed by atoms with E-state index in [1.165, 1.54) is 15.3 Å². The van der Waals surface area contributed by atoms with Gasteiger partial charge in [-0.15, -0.1) is 11.3 Å². The predicted molar refractivity (Wildman–Crippen MR) is 128 cm³/mol. The van der Waals surface area contributed by atoms with Gasteiger partial charge in [0.05, 0.1) is 16.3 Å². The highest BCUT2D eigenvalue weighted by Gasteiger charge is 2.30. The number of rotatable bonds is 9. The Morgan fingerprint density at radius 3 is 2.75 bits per heavy atom. The Kier molecular flexibility index (Phi) is 7.20. The van der Waals surface area contributed by atoms with Crippen molar-refractivity contribution in [3.8, 4) is 10.6 Å². The SMILES string of the molecule is CC(Cc1cc(-c2cccs2)n(S(=O)(=O)CC=Cc2cccnc2)c1)C(C)(C)OC(N)=O. The van der Waals surface area contributed by atoms with Gasteiger partial charge in [-0.3, -0.25) is 4.98 Å². The van der Waals surface area contributed by atoms with Crippen molar-refractivity contribution in [3.05, 3.63) is 71.5 Å². The first kappa shape index (κ1) is 23.7. The van der Waals surface area contributed by atoms with Crippen LogP contribution in [0, 0.1) is 5.92 Å². The zero-order chi connectivity index (χ0) is 23.4. The molecular formula is C23H27N3O4S2. The van der Waals surface area contributed by atoms with Crippen LogP contribution in [0.15, 0.2) is 60.4 Å². The van der Waals surface area contributed by atoms with E-state index in [-0.39, 0.29) is 11.7 Å². The van der Waals surface area contributed by atoms with Crippen molar-refractivity contribution >= 4 is 33.5 Å². The van der Waals surface area contributed by atoms with Crippen LogP contribution in [-0.4, -0.2) is 34.8 Å². The predicted octanol–water partition coefficient (Wildman–Crippen LogP) is 4.56. The molecule has 0 saturated carbocycles. The Hall–Kier alpha value is -2.91. The number of carbonyl (C=O) groups excluding carboxylic acids is 1. The van der Waals surface area contributed by atoms with Gasteiger partial charge >= 0.3 is 6.09 Å². The summed E-state index contributed by atoms with van der Waals surface area (Å²) in [7, 11) is -3.65. The quantitative estimate of drug-likeness (QED) is 0.491. The molecule has 2 N–H and O–H groups in total. The number of pyridine rings is 1. The van der Waals surface area contributed by atoms with Crippen LogP contribution < -0.4 is 5.73 Å². The summed E-state index contributed by atoms with van der Waals surface area (Å²) in [4.78, 5) is 16.1. The number of nitrogens with two attached hydrogens (primary N) is 1. The van der Waals surface area contributed by atoms with E-state index < -0.39 is 21.7 Å². The van der Waals surface area contributed by atoms with Crippen LogP contribution >= 0.6 is 11.3 Å². The average molecular weight is 474 g/mol. The molecule has 1 atom stereocenters. The molecule has 3 rings (SSSR count). The minimum atomic E-state index is -3.65. The number of amides is 1. The number of primary amides is 1. The Bertz CT molecular complexity index is 1180. The van der Waals surface area contributed by atoms with Crippen molar-refractivity contribution in [3.63, 3.8) is 0 Å². The lowest BCUT2D eigenvalue weighted by atomic mass is 9.87. The summed E-state index contributed by atoms with van der Waals surface area (Å²) in [5.41, 5.74) is 6.69. The molecule has 3 aromatic heterocycles. The molecular weight excluding hydrogens is 446 g/mol. The summed E-state index contributed by atoms with van der Waals surface area (Å²) in [5, 5.41) is 1.91. The van der Waals surface area contributed by atoms with Gasteiger partial charge in [0.25, 0.3) is 0 Å². The number of carbonyl (C=O) groups is 1. The summed E-state index contributed by atoms with van der Waals surface area (Å²) < 4.78 is 33.0. The summed E-state index contributed by atoms with van der Waals surface area (Å²) in [6, 6.07) is 9.32. The van der Waals surface area contributed by atoms with Crippen LogP contribution in [0.2, 0.25) is 0 Å². The van der Waals surface area contributed by atoms with E-state index in [9.17, 15) is 13.2 Å². The molecule has 0 aliphatic heterocycles. The summed E-state index contributed by atoms with van der Waals surface area (Å²) >= 11 is 1.48. The fraction of sp³-hybridized carbons (Fsp3) is 0.304. The van der Waals surface area contributed by atoms with Crippen molar-refractivity contribution in [1.82, 2.24) is 8.96 Å². The van der Waals surface area contributed by atoms with Crippen LogP contribution in [0.5, 0.6) is 0 Å². The maximum atomic E-state index is 13.2. The molecule has 1 amide bonds. The molecule has 0 spiro atoms. The van der Waals surface area contributed by atoms with Gasteiger partial charge in [-0.2, -0.15) is 0 Å². The van der Waals surface area contributed by atoms with E-state index in [0.717, 1.165) is 16.0 Å². The molecule has 9 heteroatoms. The number of hydrogen-bond acceptors (Lipinski definition) is 6. The van der Waals surface area contributed by atoms with E-state index in [0.29, 0.717) is 12.1 Å². The lowest BCUT2D eigenvalue weighted by Crippen LogP contribution is -2.38. The third-order valence-corrected chi connectivity index (χ3v) is 7.72. The standard InChI is InChI=1S/C23H27N3O4S2/c1-17(23(2,3)30-22(24)27)13-19-14-20(21-9-5-11-31-21)26(16-19)32(28,29)12-6-8-18-7-4-10-25-15-18/h4-11,14-17H,12-13H2,1-3H3,(H2,24,27). The first-order chi connectivity index (χ1) is 15.1. The van der Waals surface area contributed by atoms with Gasteiger partial charge < -0.3 is 10.5 Å². The van der Waals surface area contributed by atoms with E-state index in [1.807, 2.05) is 36.6 Å². The third-order valence-electron chi connectivity index (χ3n) is 5.31. The van der Waals surface area contributed by atoms with Crippen molar-refractivity contribution in [2.45, 2.75) is 32.8 Å². The van der Waals surface area contributed by atoms with E-state index in [2.05, 4.69) is 4.98 Å². The summed E-state index contributed by atoms with van der Waals surface area (Å²) in [6.45, 7) is 5.52. The molecule has 1 unspecified atom stereocenters. The molecule has 0 aromatic carbocycles. The molecule has 0 aliphatic carbocycles. The van der Waals surface area contributed by atoms with Gasteiger partial charge in [0, 0.05) is 18.6 Å². The number of aromatic nitrogens is 2. The van der Waals surface area contributed by atoms with E-state index in [4.69, 9.17) is 10.5 Å². The Morgan fingerprint density at radius 2 is 2.12 bits per heavy atom. The van der Waals surface area contributed by atoms with Crippen molar-refractivity contribution < 1.29 is 17.9 Å². The van der Waals surface area contributed by atoms with E-state index in [1.54, 1.807) is 50.7 Å². The van der Waals surface area contributed by atoms with Gasteiger partial charge in [-0.25, -0.2) is 17.2 Å². The van der Waals surface area contributed by atoms with Gasteiger partial charge in [-0.1, -0.05) is 31.2 Å². The monoisotopic (exact) mass is 473 g/mol. The number of thiophene rings is 1. The fourth-order valence-corrected chi connectivity index (χ4v) is 5.31. The summed E-state index contributed by atoms with van der Waals surface area (Å²) in [6.07, 6.45) is 8.04. The zero-order valence-electron chi connectivity index (χ0n) is 18.3. The molecule has 32 heavy (non-hydrogen) atoms. The molecule has 7 nitrogen and oxygen atoms in total. The number of hydrogen-bond donors (Lipinski definition) is 1. The molecule has 3 aromatic rings. The first-order valence-electron chi connectivity index (χ1n) is 10.1. The smallest absolute Gasteiger partial charge is 0.405 e. The third kappa shape index (κ3) is 5.86. The molecule has 0 bridgehead atoms. The van der Waals surface area contributed by atoms with Crippen LogP contribution in [0.4, 0.5) is 4.79 Å². The van der Waals surface area contributed by atoms with Gasteiger partial charge in [-0.05, 0) is 60.9 Å². The molecule has 0 saturated heterocycles. The van der Waals surface area contributed by atoms with Crippen LogP contribution in [0.25, 0.3) is 16.6 Å². The summed E-state index contributed by atoms with van der Waals surface area (Å²) in [5.74, 6) is -0.240. The Labute approximate surface area is 192 Å². The second-order valence-electron chi connectivity index (χ2n) is 8.10. The van der Waals surface area contributed by atoms with Crippen LogP contribution in [0.1, 0.15) is 31.9 Å². The van der Waals surface area contributed by atoms with Crippen LogP contribution in [-0.2, 0) is 21.2 Å². The van der Waals surface area contributed by atoms with Gasteiger partial charge in [0.15, 0.2) is 0 Å². The number of nitrogens with zero attached hydrogens (tertiary/aromatic N) is 2. The van der Waals surface area contributed by atoms with Crippen molar-refractivity contribution in [2.24, 2.45) is 11.7 Å². The lowest BCUT2D eigenvalue weighted by Gasteiger charge is -2.30. The molecule has 0 radical (unpaired) electrons. The van der Waals surface area contributed by atoms with Crippen LogP contribution in [0.3, 0.4) is 0 Å². The Balaban J connectivity index is 1.88. The fourth-order valence-electron chi connectivity index (χ4n) is 3.26. The van der Waals surface area contributed by atoms with Crippen molar-refractivity contribution in [2.75, 3.05) is 5.75 Å². The maximum Gasteiger partial charge on any atom is 0.405 e. The topological polar surface area (TPSA) is 104 Å². The molecule has 0 aliphatic rings.